The SMILES string of the molecule is CCOCc1nc(NN)cc(N2CCCC(C)(O)CC2)n1. The Morgan fingerprint density at radius 2 is 2.24 bits per heavy atom. The lowest BCUT2D eigenvalue weighted by Crippen LogP contribution is -2.29. The monoisotopic (exact) mass is 295 g/mol. The second kappa shape index (κ2) is 7.02. The number of rotatable bonds is 5. The van der Waals surface area contributed by atoms with E-state index in [9.17, 15) is 5.11 Å². The van der Waals surface area contributed by atoms with Gasteiger partial charge in [0, 0.05) is 25.8 Å². The summed E-state index contributed by atoms with van der Waals surface area (Å²) < 4.78 is 5.37. The third-order valence-electron chi connectivity index (χ3n) is 3.73. The van der Waals surface area contributed by atoms with Gasteiger partial charge in [0.2, 0.25) is 0 Å². The smallest absolute Gasteiger partial charge is 0.158 e. The molecule has 1 unspecified atom stereocenters. The van der Waals surface area contributed by atoms with E-state index in [1.54, 1.807) is 0 Å². The Kier molecular flexibility index (Phi) is 5.33. The van der Waals surface area contributed by atoms with Crippen molar-refractivity contribution in [2.45, 2.75) is 45.3 Å². The summed E-state index contributed by atoms with van der Waals surface area (Å²) in [5.41, 5.74) is 1.98. The zero-order chi connectivity index (χ0) is 15.3. The van der Waals surface area contributed by atoms with Gasteiger partial charge in [-0.1, -0.05) is 0 Å². The molecule has 1 aliphatic heterocycles. The Hall–Kier alpha value is -1.44. The second-order valence-electron chi connectivity index (χ2n) is 5.65. The van der Waals surface area contributed by atoms with E-state index in [1.807, 2.05) is 19.9 Å². The molecule has 0 radical (unpaired) electrons. The van der Waals surface area contributed by atoms with Gasteiger partial charge in [-0.3, -0.25) is 0 Å². The molecule has 21 heavy (non-hydrogen) atoms. The van der Waals surface area contributed by atoms with Gasteiger partial charge in [-0.25, -0.2) is 15.8 Å². The molecule has 0 bridgehead atoms. The second-order valence-corrected chi connectivity index (χ2v) is 5.65. The van der Waals surface area contributed by atoms with Crippen molar-refractivity contribution in [1.29, 1.82) is 0 Å². The summed E-state index contributed by atoms with van der Waals surface area (Å²) in [5, 5.41) is 10.2. The van der Waals surface area contributed by atoms with Crippen LogP contribution in [0.5, 0.6) is 0 Å². The van der Waals surface area contributed by atoms with E-state index in [4.69, 9.17) is 10.6 Å². The predicted octanol–water partition coefficient (Wildman–Crippen LogP) is 1.04. The number of aliphatic hydroxyl groups is 1. The first-order chi connectivity index (χ1) is 10.0. The lowest BCUT2D eigenvalue weighted by Gasteiger charge is -2.24. The molecule has 118 valence electrons. The zero-order valence-corrected chi connectivity index (χ0v) is 12.8. The standard InChI is InChI=1S/C14H25N5O2/c1-3-21-10-12-16-11(18-15)9-13(17-12)19-7-4-5-14(2,20)6-8-19/h9,20H,3-8,10,15H2,1-2H3,(H,16,17,18). The minimum Gasteiger partial charge on any atom is -0.390 e. The number of hydrogen-bond donors (Lipinski definition) is 3. The highest BCUT2D eigenvalue weighted by atomic mass is 16.5. The van der Waals surface area contributed by atoms with Crippen LogP contribution in [0.15, 0.2) is 6.07 Å². The van der Waals surface area contributed by atoms with Crippen LogP contribution in [0.4, 0.5) is 11.6 Å². The lowest BCUT2D eigenvalue weighted by atomic mass is 9.98. The maximum absolute atomic E-state index is 10.2. The number of nitrogens with one attached hydrogen (secondary N) is 1. The number of nitrogens with zero attached hydrogens (tertiary/aromatic N) is 3. The van der Waals surface area contributed by atoms with Crippen LogP contribution in [0.25, 0.3) is 0 Å². The Labute approximate surface area is 125 Å². The molecular weight excluding hydrogens is 270 g/mol. The van der Waals surface area contributed by atoms with E-state index in [0.29, 0.717) is 24.9 Å². The molecule has 1 fully saturated rings. The minimum absolute atomic E-state index is 0.366. The number of ether oxygens (including phenoxy) is 1. The van der Waals surface area contributed by atoms with Crippen LogP contribution in [0.3, 0.4) is 0 Å². The van der Waals surface area contributed by atoms with E-state index < -0.39 is 5.60 Å². The molecule has 1 atom stereocenters. The molecule has 7 heteroatoms. The molecule has 0 amide bonds. The number of aromatic nitrogens is 2. The molecule has 1 aliphatic rings. The first-order valence-electron chi connectivity index (χ1n) is 7.44. The summed E-state index contributed by atoms with van der Waals surface area (Å²) in [5.74, 6) is 7.49. The van der Waals surface area contributed by atoms with Crippen molar-refractivity contribution >= 4 is 11.6 Å². The Bertz CT molecular complexity index is 467. The molecule has 4 N–H and O–H groups in total. The first kappa shape index (κ1) is 15.9. The van der Waals surface area contributed by atoms with E-state index in [0.717, 1.165) is 38.2 Å². The normalized spacial score (nSPS) is 23.0. The van der Waals surface area contributed by atoms with Crippen LogP contribution < -0.4 is 16.2 Å². The van der Waals surface area contributed by atoms with E-state index in [-0.39, 0.29) is 0 Å². The fourth-order valence-electron chi connectivity index (χ4n) is 2.47. The van der Waals surface area contributed by atoms with Crippen LogP contribution in [-0.2, 0) is 11.3 Å². The maximum atomic E-state index is 10.2. The third kappa shape index (κ3) is 4.52. The fraction of sp³-hybridized carbons (Fsp3) is 0.714. The van der Waals surface area contributed by atoms with Crippen molar-refractivity contribution in [3.63, 3.8) is 0 Å². The van der Waals surface area contributed by atoms with Gasteiger partial charge in [-0.2, -0.15) is 0 Å². The van der Waals surface area contributed by atoms with E-state index in [1.165, 1.54) is 0 Å². The molecule has 7 nitrogen and oxygen atoms in total. The highest BCUT2D eigenvalue weighted by Crippen LogP contribution is 2.25. The highest BCUT2D eigenvalue weighted by molar-refractivity contribution is 5.49. The van der Waals surface area contributed by atoms with Crippen molar-refractivity contribution in [1.82, 2.24) is 9.97 Å². The van der Waals surface area contributed by atoms with E-state index in [2.05, 4.69) is 20.3 Å². The number of nitrogens with two attached hydrogens (primary N) is 1. The average molecular weight is 295 g/mol. The highest BCUT2D eigenvalue weighted by Gasteiger charge is 2.25. The molecule has 2 rings (SSSR count). The van der Waals surface area contributed by atoms with Crippen molar-refractivity contribution < 1.29 is 9.84 Å². The summed E-state index contributed by atoms with van der Waals surface area (Å²) in [6.45, 7) is 6.44. The summed E-state index contributed by atoms with van der Waals surface area (Å²) in [6, 6.07) is 1.83. The summed E-state index contributed by atoms with van der Waals surface area (Å²) in [4.78, 5) is 11.0. The van der Waals surface area contributed by atoms with Crippen LogP contribution in [0.1, 0.15) is 38.9 Å². The predicted molar refractivity (Wildman–Crippen MR) is 81.9 cm³/mol. The average Bonchev–Trinajstić information content (AvgIpc) is 2.65. The van der Waals surface area contributed by atoms with Gasteiger partial charge in [0.15, 0.2) is 5.82 Å². The van der Waals surface area contributed by atoms with Crippen LogP contribution in [-0.4, -0.2) is 40.4 Å². The Balaban J connectivity index is 2.17. The third-order valence-corrected chi connectivity index (χ3v) is 3.73. The van der Waals surface area contributed by atoms with Gasteiger partial charge >= 0.3 is 0 Å². The van der Waals surface area contributed by atoms with Gasteiger partial charge < -0.3 is 20.2 Å². The molecular formula is C14H25N5O2. The number of hydrogen-bond acceptors (Lipinski definition) is 7. The number of hydrazine groups is 1. The van der Waals surface area contributed by atoms with Gasteiger partial charge in [0.1, 0.15) is 18.2 Å². The minimum atomic E-state index is -0.592. The molecule has 0 spiro atoms. The lowest BCUT2D eigenvalue weighted by molar-refractivity contribution is 0.0481. The molecule has 0 aliphatic carbocycles. The van der Waals surface area contributed by atoms with Gasteiger partial charge in [0.25, 0.3) is 0 Å². The van der Waals surface area contributed by atoms with Crippen molar-refractivity contribution in [2.75, 3.05) is 30.0 Å². The van der Waals surface area contributed by atoms with Crippen LogP contribution in [0.2, 0.25) is 0 Å². The molecule has 1 aromatic rings. The van der Waals surface area contributed by atoms with Gasteiger partial charge in [-0.15, -0.1) is 0 Å². The van der Waals surface area contributed by atoms with Crippen molar-refractivity contribution in [2.24, 2.45) is 5.84 Å². The fourth-order valence-corrected chi connectivity index (χ4v) is 2.47. The number of nitrogen functional groups attached to an aromatic ring is 1. The maximum Gasteiger partial charge on any atom is 0.158 e. The number of anilines is 2. The Morgan fingerprint density at radius 1 is 1.43 bits per heavy atom. The van der Waals surface area contributed by atoms with E-state index >= 15 is 0 Å². The van der Waals surface area contributed by atoms with Crippen LogP contribution in [0, 0.1) is 0 Å². The summed E-state index contributed by atoms with van der Waals surface area (Å²) in [6.07, 6.45) is 2.47. The van der Waals surface area contributed by atoms with Crippen molar-refractivity contribution in [3.05, 3.63) is 11.9 Å². The molecule has 0 aromatic carbocycles. The van der Waals surface area contributed by atoms with Gasteiger partial charge in [-0.05, 0) is 33.1 Å². The topological polar surface area (TPSA) is 96.5 Å². The molecule has 2 heterocycles. The van der Waals surface area contributed by atoms with Crippen LogP contribution >= 0.6 is 0 Å². The first-order valence-corrected chi connectivity index (χ1v) is 7.44. The Morgan fingerprint density at radius 3 is 2.95 bits per heavy atom. The zero-order valence-electron chi connectivity index (χ0n) is 12.8. The largest absolute Gasteiger partial charge is 0.390 e. The summed E-state index contributed by atoms with van der Waals surface area (Å²) in [7, 11) is 0. The van der Waals surface area contributed by atoms with Gasteiger partial charge in [0.05, 0.1) is 5.60 Å². The molecule has 0 saturated carbocycles. The molecule has 1 saturated heterocycles. The molecule has 1 aromatic heterocycles. The van der Waals surface area contributed by atoms with Crippen molar-refractivity contribution in [3.8, 4) is 0 Å². The quantitative estimate of drug-likeness (QED) is 0.551. The summed E-state index contributed by atoms with van der Waals surface area (Å²) >= 11 is 0.